The zero-order chi connectivity index (χ0) is 25.1. The molecule has 0 fully saturated rings. The number of halogens is 15. The van der Waals surface area contributed by atoms with Crippen molar-refractivity contribution in [2.75, 3.05) is 0 Å². The number of rotatable bonds is 2. The average molecular weight is 490 g/mol. The first-order valence-electron chi connectivity index (χ1n) is 7.62. The Kier molecular flexibility index (Phi) is 6.68. The standard InChI is InChI=1S/C15H9F15O/c1-3(2)10(31)4-5(11(16,17)18)7(13(22,23)24)9(15(28,29)30)8(14(25,26)27)6(4)12(19,20)21/h3,10,31H,1-2H3. The summed E-state index contributed by atoms with van der Waals surface area (Å²) in [6.07, 6.45) is -37.3. The first kappa shape index (κ1) is 27.2. The molecule has 0 radical (unpaired) electrons. The van der Waals surface area contributed by atoms with Crippen molar-refractivity contribution in [2.45, 2.75) is 50.8 Å². The van der Waals surface area contributed by atoms with E-state index in [1.807, 2.05) is 0 Å². The Balaban J connectivity index is 4.82. The van der Waals surface area contributed by atoms with Gasteiger partial charge in [-0.15, -0.1) is 0 Å². The molecule has 1 nitrogen and oxygen atoms in total. The number of aliphatic hydroxyl groups excluding tert-OH is 1. The molecule has 0 amide bonds. The second kappa shape index (κ2) is 7.62. The van der Waals surface area contributed by atoms with Crippen molar-refractivity contribution < 1.29 is 71.0 Å². The maximum absolute atomic E-state index is 13.4. The van der Waals surface area contributed by atoms with E-state index in [-0.39, 0.29) is 0 Å². The minimum atomic E-state index is -6.95. The molecule has 1 atom stereocenters. The van der Waals surface area contributed by atoms with Gasteiger partial charge >= 0.3 is 30.9 Å². The third-order valence-corrected chi connectivity index (χ3v) is 3.88. The smallest absolute Gasteiger partial charge is 0.388 e. The van der Waals surface area contributed by atoms with Gasteiger partial charge in [-0.25, -0.2) is 0 Å². The van der Waals surface area contributed by atoms with Gasteiger partial charge in [-0.05, 0) is 5.92 Å². The predicted octanol–water partition coefficient (Wildman–Crippen LogP) is 7.47. The quantitative estimate of drug-likeness (QED) is 0.427. The second-order valence-electron chi connectivity index (χ2n) is 6.47. The number of hydrogen-bond acceptors (Lipinski definition) is 1. The summed E-state index contributed by atoms with van der Waals surface area (Å²) in [6, 6.07) is 0. The van der Waals surface area contributed by atoms with Crippen molar-refractivity contribution in [3.63, 3.8) is 0 Å². The summed E-state index contributed by atoms with van der Waals surface area (Å²) in [5, 5.41) is 9.74. The molecule has 180 valence electrons. The van der Waals surface area contributed by atoms with Crippen LogP contribution in [-0.4, -0.2) is 5.11 Å². The third kappa shape index (κ3) is 5.31. The molecule has 1 aromatic carbocycles. The molecule has 0 saturated carbocycles. The molecule has 1 rings (SSSR count). The number of aliphatic hydroxyl groups is 1. The van der Waals surface area contributed by atoms with Crippen LogP contribution >= 0.6 is 0 Å². The summed E-state index contributed by atoms with van der Waals surface area (Å²) in [7, 11) is 0. The zero-order valence-electron chi connectivity index (χ0n) is 14.8. The summed E-state index contributed by atoms with van der Waals surface area (Å²) < 4.78 is 200. The monoisotopic (exact) mass is 490 g/mol. The van der Waals surface area contributed by atoms with Gasteiger partial charge in [0.2, 0.25) is 0 Å². The lowest BCUT2D eigenvalue weighted by Gasteiger charge is -2.32. The van der Waals surface area contributed by atoms with Crippen LogP contribution in [0.2, 0.25) is 0 Å². The Bertz CT molecular complexity index is 765. The minimum absolute atomic E-state index is 0.628. The van der Waals surface area contributed by atoms with E-state index in [0.717, 1.165) is 0 Å². The van der Waals surface area contributed by atoms with Gasteiger partial charge in [-0.1, -0.05) is 13.8 Å². The molecule has 0 spiro atoms. The van der Waals surface area contributed by atoms with E-state index in [0.29, 0.717) is 13.8 Å². The highest BCUT2D eigenvalue weighted by Crippen LogP contribution is 2.57. The summed E-state index contributed by atoms with van der Waals surface area (Å²) >= 11 is 0. The molecule has 0 bridgehead atoms. The van der Waals surface area contributed by atoms with Crippen molar-refractivity contribution in [2.24, 2.45) is 5.92 Å². The fraction of sp³-hybridized carbons (Fsp3) is 0.600. The van der Waals surface area contributed by atoms with E-state index >= 15 is 0 Å². The summed E-state index contributed by atoms with van der Waals surface area (Å²) in [4.78, 5) is 0. The van der Waals surface area contributed by atoms with Gasteiger partial charge in [0, 0.05) is 5.56 Å². The highest BCUT2D eigenvalue weighted by molar-refractivity contribution is 5.58. The lowest BCUT2D eigenvalue weighted by Crippen LogP contribution is -2.34. The summed E-state index contributed by atoms with van der Waals surface area (Å²) in [5.74, 6) is -1.86. The van der Waals surface area contributed by atoms with Crippen LogP contribution in [0.4, 0.5) is 65.9 Å². The SMILES string of the molecule is CC(C)C(O)c1c(C(F)(F)F)c(C(F)(F)F)c(C(F)(F)F)c(C(F)(F)F)c1C(F)(F)F. The molecule has 0 saturated heterocycles. The lowest BCUT2D eigenvalue weighted by atomic mass is 9.80. The highest BCUT2D eigenvalue weighted by atomic mass is 19.4. The highest BCUT2D eigenvalue weighted by Gasteiger charge is 2.61. The van der Waals surface area contributed by atoms with Crippen molar-refractivity contribution in [3.05, 3.63) is 33.4 Å². The molecule has 0 heterocycles. The van der Waals surface area contributed by atoms with E-state index in [1.165, 1.54) is 0 Å². The zero-order valence-corrected chi connectivity index (χ0v) is 14.8. The van der Waals surface area contributed by atoms with Crippen molar-refractivity contribution in [1.82, 2.24) is 0 Å². The van der Waals surface area contributed by atoms with Crippen LogP contribution in [0.15, 0.2) is 0 Å². The second-order valence-corrected chi connectivity index (χ2v) is 6.47. The summed E-state index contributed by atoms with van der Waals surface area (Å²) in [5.41, 5.74) is -22.7. The van der Waals surface area contributed by atoms with E-state index in [4.69, 9.17) is 0 Å². The molecule has 1 aromatic rings. The number of benzene rings is 1. The molecule has 1 N–H and O–H groups in total. The van der Waals surface area contributed by atoms with Gasteiger partial charge in [0.05, 0.1) is 33.9 Å². The molecule has 16 heteroatoms. The predicted molar refractivity (Wildman–Crippen MR) is 71.2 cm³/mol. The van der Waals surface area contributed by atoms with E-state index in [9.17, 15) is 71.0 Å². The number of hydrogen-bond donors (Lipinski definition) is 1. The van der Waals surface area contributed by atoms with Crippen LogP contribution in [0.5, 0.6) is 0 Å². The Labute approximate surface area is 162 Å². The summed E-state index contributed by atoms with van der Waals surface area (Å²) in [6.45, 7) is 1.26. The van der Waals surface area contributed by atoms with E-state index in [2.05, 4.69) is 0 Å². The Morgan fingerprint density at radius 3 is 0.806 bits per heavy atom. The van der Waals surface area contributed by atoms with Crippen LogP contribution in [0.25, 0.3) is 0 Å². The first-order valence-corrected chi connectivity index (χ1v) is 7.62. The molecular weight excluding hydrogens is 481 g/mol. The molecule has 0 aliphatic carbocycles. The van der Waals surface area contributed by atoms with Gasteiger partial charge in [-0.3, -0.25) is 0 Å². The first-order chi connectivity index (χ1) is 13.3. The van der Waals surface area contributed by atoms with Gasteiger partial charge in [-0.2, -0.15) is 65.9 Å². The van der Waals surface area contributed by atoms with E-state index < -0.39 is 76.3 Å². The fourth-order valence-corrected chi connectivity index (χ4v) is 2.84. The molecule has 0 aliphatic heterocycles. The van der Waals surface area contributed by atoms with Gasteiger partial charge in [0.1, 0.15) is 0 Å². The van der Waals surface area contributed by atoms with Crippen molar-refractivity contribution >= 4 is 0 Å². The molecule has 0 aromatic heterocycles. The van der Waals surface area contributed by atoms with Gasteiger partial charge in [0.15, 0.2) is 0 Å². The van der Waals surface area contributed by atoms with Crippen LogP contribution in [-0.2, 0) is 30.9 Å². The van der Waals surface area contributed by atoms with Gasteiger partial charge in [0.25, 0.3) is 0 Å². The minimum Gasteiger partial charge on any atom is -0.388 e. The van der Waals surface area contributed by atoms with Crippen LogP contribution in [0.3, 0.4) is 0 Å². The molecule has 1 unspecified atom stereocenters. The van der Waals surface area contributed by atoms with Crippen molar-refractivity contribution in [3.8, 4) is 0 Å². The normalized spacial score (nSPS) is 15.6. The van der Waals surface area contributed by atoms with Gasteiger partial charge < -0.3 is 5.11 Å². The third-order valence-electron chi connectivity index (χ3n) is 3.88. The Morgan fingerprint density at radius 1 is 0.452 bits per heavy atom. The number of alkyl halides is 15. The lowest BCUT2D eigenvalue weighted by molar-refractivity contribution is -0.190. The average Bonchev–Trinajstić information content (AvgIpc) is 2.46. The Hall–Kier alpha value is -1.87. The Morgan fingerprint density at radius 2 is 0.645 bits per heavy atom. The van der Waals surface area contributed by atoms with Crippen LogP contribution in [0.1, 0.15) is 53.3 Å². The molecule has 31 heavy (non-hydrogen) atoms. The van der Waals surface area contributed by atoms with E-state index in [1.54, 1.807) is 0 Å². The molecular formula is C15H9F15O. The topological polar surface area (TPSA) is 20.2 Å². The van der Waals surface area contributed by atoms with Crippen LogP contribution in [0, 0.1) is 5.92 Å². The molecule has 0 aliphatic rings. The largest absolute Gasteiger partial charge is 0.417 e. The maximum Gasteiger partial charge on any atom is 0.417 e. The van der Waals surface area contributed by atoms with Crippen molar-refractivity contribution in [1.29, 1.82) is 0 Å². The fourth-order valence-electron chi connectivity index (χ4n) is 2.84. The maximum atomic E-state index is 13.4. The van der Waals surface area contributed by atoms with Crippen LogP contribution < -0.4 is 0 Å².